The van der Waals surface area contributed by atoms with E-state index in [4.69, 9.17) is 9.15 Å². The normalized spacial score (nSPS) is 10.7. The molecule has 0 radical (unpaired) electrons. The van der Waals surface area contributed by atoms with Gasteiger partial charge in [0.25, 0.3) is 5.91 Å². The lowest BCUT2D eigenvalue weighted by Crippen LogP contribution is -2.27. The second-order valence-corrected chi connectivity index (χ2v) is 4.95. The molecule has 8 heteroatoms. The second-order valence-electron chi connectivity index (χ2n) is 4.95. The predicted molar refractivity (Wildman–Crippen MR) is 82.0 cm³/mol. The van der Waals surface area contributed by atoms with Gasteiger partial charge >= 0.3 is 0 Å². The van der Waals surface area contributed by atoms with Crippen molar-refractivity contribution >= 4 is 5.91 Å². The molecule has 3 aromatic rings. The van der Waals surface area contributed by atoms with Gasteiger partial charge in [0.2, 0.25) is 5.88 Å². The number of aryl methyl sites for hydroxylation is 1. The lowest BCUT2D eigenvalue weighted by atomic mass is 10.3. The minimum atomic E-state index is -0.228. The van der Waals surface area contributed by atoms with E-state index in [9.17, 15) is 4.79 Å². The number of hydrogen-bond acceptors (Lipinski definition) is 5. The van der Waals surface area contributed by atoms with E-state index in [1.54, 1.807) is 30.4 Å². The van der Waals surface area contributed by atoms with E-state index in [0.717, 1.165) is 11.3 Å². The molecule has 3 rings (SSSR count). The molecule has 0 saturated heterocycles. The third-order valence-electron chi connectivity index (χ3n) is 3.30. The zero-order chi connectivity index (χ0) is 16.2. The summed E-state index contributed by atoms with van der Waals surface area (Å²) >= 11 is 0. The average molecular weight is 315 g/mol. The van der Waals surface area contributed by atoms with Crippen molar-refractivity contribution in [2.45, 2.75) is 6.54 Å². The Labute approximate surface area is 132 Å². The molecule has 0 unspecified atom stereocenters. The zero-order valence-electron chi connectivity index (χ0n) is 12.9. The Balaban J connectivity index is 1.56. The van der Waals surface area contributed by atoms with Crippen molar-refractivity contribution in [1.29, 1.82) is 0 Å². The molecule has 0 aromatic carbocycles. The smallest absolute Gasteiger partial charge is 0.258 e. The number of rotatable bonds is 6. The molecular weight excluding hydrogens is 298 g/mol. The molecule has 0 fully saturated rings. The van der Waals surface area contributed by atoms with Crippen LogP contribution < -0.4 is 10.1 Å². The Morgan fingerprint density at radius 3 is 3.04 bits per heavy atom. The molecule has 3 heterocycles. The number of ether oxygens (including phenoxy) is 1. The van der Waals surface area contributed by atoms with Crippen molar-refractivity contribution < 1.29 is 13.9 Å². The van der Waals surface area contributed by atoms with Crippen LogP contribution in [-0.2, 0) is 13.6 Å². The quantitative estimate of drug-likeness (QED) is 0.741. The highest BCUT2D eigenvalue weighted by Crippen LogP contribution is 2.18. The van der Waals surface area contributed by atoms with E-state index in [2.05, 4.69) is 15.5 Å². The lowest BCUT2D eigenvalue weighted by Gasteiger charge is -2.05. The van der Waals surface area contributed by atoms with Crippen LogP contribution in [0.4, 0.5) is 0 Å². The molecule has 0 aliphatic rings. The number of furan rings is 1. The van der Waals surface area contributed by atoms with Gasteiger partial charge in [-0.25, -0.2) is 0 Å². The van der Waals surface area contributed by atoms with Crippen LogP contribution in [0.5, 0.6) is 5.88 Å². The number of carbonyl (C=O) groups excluding carboxylic acids is 1. The fourth-order valence-corrected chi connectivity index (χ4v) is 2.21. The monoisotopic (exact) mass is 315 g/mol. The summed E-state index contributed by atoms with van der Waals surface area (Å²) in [6.07, 6.45) is 6.84. The molecule has 3 aromatic heterocycles. The first-order valence-electron chi connectivity index (χ1n) is 7.09. The van der Waals surface area contributed by atoms with E-state index < -0.39 is 0 Å². The molecule has 23 heavy (non-hydrogen) atoms. The Morgan fingerprint density at radius 2 is 2.30 bits per heavy atom. The third kappa shape index (κ3) is 3.25. The minimum Gasteiger partial charge on any atom is -0.479 e. The molecule has 1 N–H and O–H groups in total. The van der Waals surface area contributed by atoms with E-state index in [1.807, 2.05) is 18.3 Å². The Morgan fingerprint density at radius 1 is 1.43 bits per heavy atom. The largest absolute Gasteiger partial charge is 0.479 e. The summed E-state index contributed by atoms with van der Waals surface area (Å²) in [6, 6.07) is 3.70. The number of nitrogens with one attached hydrogen (secondary N) is 1. The Hall–Kier alpha value is -3.03. The average Bonchev–Trinajstić information content (AvgIpc) is 3.26. The van der Waals surface area contributed by atoms with Crippen LogP contribution in [0.25, 0.3) is 11.3 Å². The summed E-state index contributed by atoms with van der Waals surface area (Å²) in [5.41, 5.74) is 1.31. The highest BCUT2D eigenvalue weighted by molar-refractivity contribution is 5.96. The summed E-state index contributed by atoms with van der Waals surface area (Å²) in [6.45, 7) is 0.991. The number of carbonyl (C=O) groups is 1. The molecule has 0 spiro atoms. The van der Waals surface area contributed by atoms with E-state index in [0.29, 0.717) is 24.5 Å². The second kappa shape index (κ2) is 6.39. The number of hydrogen-bond donors (Lipinski definition) is 1. The topological polar surface area (TPSA) is 87.1 Å². The Kier molecular flexibility index (Phi) is 4.13. The van der Waals surface area contributed by atoms with E-state index in [-0.39, 0.29) is 5.91 Å². The first-order valence-corrected chi connectivity index (χ1v) is 7.09. The fourth-order valence-electron chi connectivity index (χ4n) is 2.21. The van der Waals surface area contributed by atoms with Gasteiger partial charge in [-0.1, -0.05) is 0 Å². The van der Waals surface area contributed by atoms with Crippen molar-refractivity contribution in [3.05, 3.63) is 42.5 Å². The Bertz CT molecular complexity index is 788. The van der Waals surface area contributed by atoms with Crippen molar-refractivity contribution in [2.75, 3.05) is 13.7 Å². The number of methoxy groups -OCH3 is 1. The van der Waals surface area contributed by atoms with Crippen LogP contribution in [0.3, 0.4) is 0 Å². The maximum Gasteiger partial charge on any atom is 0.258 e. The fraction of sp³-hybridized carbons (Fsp3) is 0.267. The molecule has 0 saturated carbocycles. The van der Waals surface area contributed by atoms with Gasteiger partial charge < -0.3 is 14.5 Å². The summed E-state index contributed by atoms with van der Waals surface area (Å²) in [5, 5.41) is 11.1. The van der Waals surface area contributed by atoms with Crippen molar-refractivity contribution in [3.8, 4) is 17.2 Å². The summed E-state index contributed by atoms with van der Waals surface area (Å²) < 4.78 is 13.7. The van der Waals surface area contributed by atoms with Gasteiger partial charge in [0.05, 0.1) is 31.7 Å². The number of aromatic nitrogens is 4. The van der Waals surface area contributed by atoms with Crippen molar-refractivity contribution in [1.82, 2.24) is 24.9 Å². The maximum atomic E-state index is 12.1. The summed E-state index contributed by atoms with van der Waals surface area (Å²) in [4.78, 5) is 12.1. The lowest BCUT2D eigenvalue weighted by molar-refractivity contribution is 0.0949. The number of nitrogens with zero attached hydrogens (tertiary/aromatic N) is 4. The van der Waals surface area contributed by atoms with Gasteiger partial charge in [0.15, 0.2) is 0 Å². The first kappa shape index (κ1) is 14.9. The summed E-state index contributed by atoms with van der Waals surface area (Å²) in [7, 11) is 3.22. The highest BCUT2D eigenvalue weighted by atomic mass is 16.5. The van der Waals surface area contributed by atoms with Crippen LogP contribution in [0.15, 0.2) is 41.4 Å². The van der Waals surface area contributed by atoms with Gasteiger partial charge in [-0.05, 0) is 12.1 Å². The van der Waals surface area contributed by atoms with E-state index in [1.165, 1.54) is 11.8 Å². The first-order chi connectivity index (χ1) is 11.2. The minimum absolute atomic E-state index is 0.228. The van der Waals surface area contributed by atoms with Gasteiger partial charge in [0.1, 0.15) is 11.3 Å². The van der Waals surface area contributed by atoms with Gasteiger partial charge in [-0.3, -0.25) is 14.2 Å². The van der Waals surface area contributed by atoms with Crippen molar-refractivity contribution in [2.24, 2.45) is 7.05 Å². The van der Waals surface area contributed by atoms with Gasteiger partial charge in [0, 0.05) is 26.0 Å². The standard InChI is InChI=1S/C15H17N5O3/c1-19-10-12(15(18-19)22-2)14(21)16-5-6-20-9-11(8-17-20)13-4-3-7-23-13/h3-4,7-10H,5-6H2,1-2H3,(H,16,21). The molecular formula is C15H17N5O3. The van der Waals surface area contributed by atoms with E-state index >= 15 is 0 Å². The van der Waals surface area contributed by atoms with Crippen LogP contribution in [0, 0.1) is 0 Å². The molecule has 120 valence electrons. The molecule has 0 atom stereocenters. The van der Waals surface area contributed by atoms with Crippen LogP contribution >= 0.6 is 0 Å². The summed E-state index contributed by atoms with van der Waals surface area (Å²) in [5.74, 6) is 0.845. The molecule has 0 bridgehead atoms. The van der Waals surface area contributed by atoms with Crippen molar-refractivity contribution in [3.63, 3.8) is 0 Å². The third-order valence-corrected chi connectivity index (χ3v) is 3.30. The molecule has 8 nitrogen and oxygen atoms in total. The molecule has 0 aliphatic carbocycles. The highest BCUT2D eigenvalue weighted by Gasteiger charge is 2.15. The number of amides is 1. The zero-order valence-corrected chi connectivity index (χ0v) is 12.9. The van der Waals surface area contributed by atoms with Gasteiger partial charge in [-0.2, -0.15) is 5.10 Å². The SMILES string of the molecule is COc1nn(C)cc1C(=O)NCCn1cc(-c2ccco2)cn1. The maximum absolute atomic E-state index is 12.1. The molecule has 1 amide bonds. The van der Waals surface area contributed by atoms with Crippen LogP contribution in [-0.4, -0.2) is 39.1 Å². The predicted octanol–water partition coefficient (Wildman–Crippen LogP) is 1.32. The van der Waals surface area contributed by atoms with Gasteiger partial charge in [-0.15, -0.1) is 5.10 Å². The van der Waals surface area contributed by atoms with Crippen LogP contribution in [0.1, 0.15) is 10.4 Å². The van der Waals surface area contributed by atoms with Crippen LogP contribution in [0.2, 0.25) is 0 Å². The molecule has 0 aliphatic heterocycles.